The highest BCUT2D eigenvalue weighted by molar-refractivity contribution is 9.10. The number of hydrogen-bond donors (Lipinski definition) is 1. The molecule has 0 saturated heterocycles. The molecule has 6 nitrogen and oxygen atoms in total. The van der Waals surface area contributed by atoms with E-state index in [0.29, 0.717) is 16.9 Å². The topological polar surface area (TPSA) is 64.7 Å². The molecule has 0 aliphatic rings. The van der Waals surface area contributed by atoms with E-state index in [1.807, 2.05) is 0 Å². The highest BCUT2D eigenvalue weighted by Gasteiger charge is 2.21. The predicted octanol–water partition coefficient (Wildman–Crippen LogP) is 3.91. The molecule has 10 heteroatoms. The molecule has 1 amide bonds. The number of aromatic nitrogens is 4. The van der Waals surface area contributed by atoms with Crippen LogP contribution < -0.4 is 5.32 Å². The van der Waals surface area contributed by atoms with E-state index in [4.69, 9.17) is 0 Å². The van der Waals surface area contributed by atoms with Gasteiger partial charge in [0.1, 0.15) is 18.1 Å². The van der Waals surface area contributed by atoms with Crippen LogP contribution in [0.2, 0.25) is 0 Å². The van der Waals surface area contributed by atoms with Gasteiger partial charge in [-0.25, -0.2) is 13.2 Å². The summed E-state index contributed by atoms with van der Waals surface area (Å²) < 4.78 is 42.3. The normalized spacial score (nSPS) is 11.2. The first kappa shape index (κ1) is 19.2. The standard InChI is InChI=1S/C17H15BrF3N5O/c1-10-15(18)16(17(20)21)24-26(10)9-14(27)23-12-6-22-25(8-12)7-11-4-2-3-5-13(11)19/h2-6,8,17H,7,9H2,1H3,(H,23,27). The van der Waals surface area contributed by atoms with Gasteiger partial charge >= 0.3 is 0 Å². The van der Waals surface area contributed by atoms with Gasteiger partial charge in [-0.05, 0) is 28.9 Å². The van der Waals surface area contributed by atoms with Crippen LogP contribution in [0, 0.1) is 12.7 Å². The van der Waals surface area contributed by atoms with Gasteiger partial charge < -0.3 is 5.32 Å². The van der Waals surface area contributed by atoms with E-state index in [-0.39, 0.29) is 23.4 Å². The highest BCUT2D eigenvalue weighted by atomic mass is 79.9. The molecule has 0 unspecified atom stereocenters. The quantitative estimate of drug-likeness (QED) is 0.630. The average Bonchev–Trinajstić information content (AvgIpc) is 3.16. The number of nitrogens with one attached hydrogen (secondary N) is 1. The summed E-state index contributed by atoms with van der Waals surface area (Å²) in [6.07, 6.45) is 0.245. The number of rotatable bonds is 6. The molecule has 0 radical (unpaired) electrons. The SMILES string of the molecule is Cc1c(Br)c(C(F)F)nn1CC(=O)Nc1cnn(Cc2ccccc2F)c1. The first-order valence-electron chi connectivity index (χ1n) is 7.92. The Morgan fingerprint density at radius 1 is 1.33 bits per heavy atom. The molecule has 2 aromatic heterocycles. The summed E-state index contributed by atoms with van der Waals surface area (Å²) in [6.45, 7) is 1.57. The van der Waals surface area contributed by atoms with Gasteiger partial charge in [-0.1, -0.05) is 18.2 Å². The summed E-state index contributed by atoms with van der Waals surface area (Å²) >= 11 is 3.06. The number of alkyl halides is 2. The van der Waals surface area contributed by atoms with Gasteiger partial charge in [-0.3, -0.25) is 14.2 Å². The van der Waals surface area contributed by atoms with Crippen LogP contribution in [0.15, 0.2) is 41.1 Å². The van der Waals surface area contributed by atoms with Crippen LogP contribution >= 0.6 is 15.9 Å². The maximum absolute atomic E-state index is 13.7. The lowest BCUT2D eigenvalue weighted by Crippen LogP contribution is -2.20. The largest absolute Gasteiger partial charge is 0.322 e. The Labute approximate surface area is 161 Å². The molecular weight excluding hydrogens is 427 g/mol. The first-order chi connectivity index (χ1) is 12.8. The molecular formula is C17H15BrF3N5O. The van der Waals surface area contributed by atoms with Gasteiger partial charge in [-0.15, -0.1) is 0 Å². The Morgan fingerprint density at radius 2 is 2.07 bits per heavy atom. The second-order valence-corrected chi connectivity index (χ2v) is 6.60. The molecule has 0 fully saturated rings. The van der Waals surface area contributed by atoms with Crippen LogP contribution in [0.1, 0.15) is 23.4 Å². The van der Waals surface area contributed by atoms with Crippen molar-refractivity contribution in [2.75, 3.05) is 5.32 Å². The fourth-order valence-corrected chi connectivity index (χ4v) is 2.95. The number of carbonyl (C=O) groups is 1. The second-order valence-electron chi connectivity index (χ2n) is 5.81. The molecule has 142 valence electrons. The Kier molecular flexibility index (Phi) is 5.64. The minimum absolute atomic E-state index is 0.183. The number of carbonyl (C=O) groups excluding carboxylic acids is 1. The fraction of sp³-hybridized carbons (Fsp3) is 0.235. The number of benzene rings is 1. The van der Waals surface area contributed by atoms with E-state index >= 15 is 0 Å². The molecule has 0 bridgehead atoms. The zero-order valence-corrected chi connectivity index (χ0v) is 15.8. The maximum atomic E-state index is 13.7. The average molecular weight is 442 g/mol. The van der Waals surface area contributed by atoms with E-state index in [1.54, 1.807) is 31.3 Å². The van der Waals surface area contributed by atoms with Crippen LogP contribution in [0.5, 0.6) is 0 Å². The lowest BCUT2D eigenvalue weighted by molar-refractivity contribution is -0.117. The number of halogens is 4. The van der Waals surface area contributed by atoms with E-state index < -0.39 is 18.0 Å². The van der Waals surface area contributed by atoms with Crippen LogP contribution in [0.4, 0.5) is 18.9 Å². The van der Waals surface area contributed by atoms with Gasteiger partial charge in [0.15, 0.2) is 0 Å². The summed E-state index contributed by atoms with van der Waals surface area (Å²) in [5, 5.41) is 10.5. The minimum atomic E-state index is -2.74. The molecule has 2 heterocycles. The molecule has 3 rings (SSSR count). The molecule has 1 aromatic carbocycles. The zero-order valence-electron chi connectivity index (χ0n) is 14.2. The summed E-state index contributed by atoms with van der Waals surface area (Å²) in [6, 6.07) is 6.33. The highest BCUT2D eigenvalue weighted by Crippen LogP contribution is 2.28. The van der Waals surface area contributed by atoms with Crippen molar-refractivity contribution in [3.8, 4) is 0 Å². The number of nitrogens with zero attached hydrogens (tertiary/aromatic N) is 4. The predicted molar refractivity (Wildman–Crippen MR) is 96.0 cm³/mol. The van der Waals surface area contributed by atoms with E-state index in [9.17, 15) is 18.0 Å². The smallest absolute Gasteiger partial charge is 0.283 e. The van der Waals surface area contributed by atoms with Crippen molar-refractivity contribution < 1.29 is 18.0 Å². The second kappa shape index (κ2) is 7.95. The van der Waals surface area contributed by atoms with E-state index in [1.165, 1.54) is 21.6 Å². The molecule has 1 N–H and O–H groups in total. The zero-order chi connectivity index (χ0) is 19.6. The molecule has 0 aliphatic carbocycles. The number of hydrogen-bond acceptors (Lipinski definition) is 3. The maximum Gasteiger partial charge on any atom is 0.283 e. The van der Waals surface area contributed by atoms with E-state index in [2.05, 4.69) is 31.4 Å². The van der Waals surface area contributed by atoms with Crippen molar-refractivity contribution in [2.24, 2.45) is 0 Å². The molecule has 0 aliphatic heterocycles. The molecule has 0 saturated carbocycles. The number of amides is 1. The number of anilines is 1. The molecule has 0 atom stereocenters. The monoisotopic (exact) mass is 441 g/mol. The Morgan fingerprint density at radius 3 is 2.74 bits per heavy atom. The summed E-state index contributed by atoms with van der Waals surface area (Å²) in [5.41, 5.74) is 0.901. The third kappa shape index (κ3) is 4.38. The molecule has 27 heavy (non-hydrogen) atoms. The third-order valence-electron chi connectivity index (χ3n) is 3.87. The third-order valence-corrected chi connectivity index (χ3v) is 4.85. The molecule has 3 aromatic rings. The summed E-state index contributed by atoms with van der Waals surface area (Å²) in [4.78, 5) is 12.2. The lowest BCUT2D eigenvalue weighted by Gasteiger charge is -2.05. The molecule has 0 spiro atoms. The van der Waals surface area contributed by atoms with Crippen molar-refractivity contribution in [3.05, 3.63) is 63.9 Å². The minimum Gasteiger partial charge on any atom is -0.322 e. The van der Waals surface area contributed by atoms with Crippen molar-refractivity contribution in [3.63, 3.8) is 0 Å². The Hall–Kier alpha value is -2.62. The van der Waals surface area contributed by atoms with Crippen molar-refractivity contribution >= 4 is 27.5 Å². The van der Waals surface area contributed by atoms with Crippen LogP contribution in [0.25, 0.3) is 0 Å². The Bertz CT molecular complexity index is 969. The van der Waals surface area contributed by atoms with Gasteiger partial charge in [0, 0.05) is 11.8 Å². The van der Waals surface area contributed by atoms with Crippen LogP contribution in [0.3, 0.4) is 0 Å². The van der Waals surface area contributed by atoms with Crippen molar-refractivity contribution in [2.45, 2.75) is 26.4 Å². The fourth-order valence-electron chi connectivity index (χ4n) is 2.49. The van der Waals surface area contributed by atoms with Gasteiger partial charge in [0.2, 0.25) is 5.91 Å². The van der Waals surface area contributed by atoms with Gasteiger partial charge in [-0.2, -0.15) is 10.2 Å². The van der Waals surface area contributed by atoms with Crippen LogP contribution in [-0.4, -0.2) is 25.5 Å². The summed E-state index contributed by atoms with van der Waals surface area (Å²) in [5.74, 6) is -0.785. The van der Waals surface area contributed by atoms with E-state index in [0.717, 1.165) is 0 Å². The van der Waals surface area contributed by atoms with Gasteiger partial charge in [0.25, 0.3) is 6.43 Å². The van der Waals surface area contributed by atoms with Crippen molar-refractivity contribution in [1.82, 2.24) is 19.6 Å². The van der Waals surface area contributed by atoms with Crippen molar-refractivity contribution in [1.29, 1.82) is 0 Å². The van der Waals surface area contributed by atoms with Gasteiger partial charge in [0.05, 0.1) is 28.6 Å². The van der Waals surface area contributed by atoms with Crippen LogP contribution in [-0.2, 0) is 17.9 Å². The summed E-state index contributed by atoms with van der Waals surface area (Å²) in [7, 11) is 0. The Balaban J connectivity index is 1.65. The lowest BCUT2D eigenvalue weighted by atomic mass is 10.2. The first-order valence-corrected chi connectivity index (χ1v) is 8.71.